The molecule has 1 unspecified atom stereocenters. The maximum absolute atomic E-state index is 4.19. The van der Waals surface area contributed by atoms with E-state index in [1.807, 2.05) is 6.07 Å². The van der Waals surface area contributed by atoms with Crippen LogP contribution in [-0.2, 0) is 6.42 Å². The molecule has 12 heavy (non-hydrogen) atoms. The second-order valence-corrected chi connectivity index (χ2v) is 4.40. The minimum Gasteiger partial charge on any atom is -0.241 e. The van der Waals surface area contributed by atoms with Crippen LogP contribution in [0.2, 0.25) is 0 Å². The Morgan fingerprint density at radius 3 is 2.67 bits per heavy atom. The van der Waals surface area contributed by atoms with Crippen LogP contribution in [0, 0.1) is 5.92 Å². The van der Waals surface area contributed by atoms with Crippen LogP contribution in [0.25, 0.3) is 0 Å². The zero-order chi connectivity index (χ0) is 8.39. The Morgan fingerprint density at radius 1 is 1.42 bits per heavy atom. The summed E-state index contributed by atoms with van der Waals surface area (Å²) in [6, 6.07) is 1.85. The van der Waals surface area contributed by atoms with Gasteiger partial charge in [0.2, 0.25) is 0 Å². The molecule has 2 rings (SSSR count). The van der Waals surface area contributed by atoms with Crippen LogP contribution >= 0.6 is 15.9 Å². The van der Waals surface area contributed by atoms with E-state index in [1.165, 1.54) is 12.8 Å². The predicted octanol–water partition coefficient (Wildman–Crippen LogP) is 2.19. The predicted molar refractivity (Wildman–Crippen MR) is 51.2 cm³/mol. The lowest BCUT2D eigenvalue weighted by Gasteiger charge is -2.05. The molecule has 1 aromatic heterocycles. The van der Waals surface area contributed by atoms with Gasteiger partial charge in [-0.05, 0) is 24.8 Å². The molecular weight excluding hydrogens is 216 g/mol. The summed E-state index contributed by atoms with van der Waals surface area (Å²) < 4.78 is 0. The van der Waals surface area contributed by atoms with Crippen molar-refractivity contribution in [1.82, 2.24) is 9.97 Å². The minimum atomic E-state index is 0.583. The third kappa shape index (κ3) is 2.03. The van der Waals surface area contributed by atoms with E-state index in [0.717, 1.165) is 18.2 Å². The van der Waals surface area contributed by atoms with Crippen molar-refractivity contribution in [2.45, 2.75) is 24.1 Å². The van der Waals surface area contributed by atoms with Gasteiger partial charge in [-0.3, -0.25) is 0 Å². The summed E-state index contributed by atoms with van der Waals surface area (Å²) >= 11 is 3.66. The second-order valence-electron chi connectivity index (χ2n) is 3.22. The van der Waals surface area contributed by atoms with Crippen molar-refractivity contribution in [2.24, 2.45) is 5.92 Å². The quantitative estimate of drug-likeness (QED) is 0.739. The first kappa shape index (κ1) is 8.17. The fraction of sp³-hybridized carbons (Fsp3) is 0.556. The molecule has 0 saturated heterocycles. The van der Waals surface area contributed by atoms with Gasteiger partial charge in [0.25, 0.3) is 0 Å². The Morgan fingerprint density at radius 2 is 2.08 bits per heavy atom. The third-order valence-corrected chi connectivity index (χ3v) is 3.20. The molecule has 1 fully saturated rings. The van der Waals surface area contributed by atoms with Gasteiger partial charge in [-0.15, -0.1) is 0 Å². The summed E-state index contributed by atoms with van der Waals surface area (Å²) in [7, 11) is 0. The normalized spacial score (nSPS) is 19.1. The van der Waals surface area contributed by atoms with Crippen LogP contribution in [0.15, 0.2) is 18.5 Å². The molecule has 0 aromatic carbocycles. The van der Waals surface area contributed by atoms with E-state index in [0.29, 0.717) is 4.83 Å². The molecule has 0 amide bonds. The number of alkyl halides is 1. The summed E-state index contributed by atoms with van der Waals surface area (Å²) in [6.45, 7) is 0. The minimum absolute atomic E-state index is 0.583. The molecule has 1 saturated carbocycles. The summed E-state index contributed by atoms with van der Waals surface area (Å²) in [6.07, 6.45) is 7.29. The summed E-state index contributed by atoms with van der Waals surface area (Å²) in [4.78, 5) is 8.96. The largest absolute Gasteiger partial charge is 0.241 e. The number of hydrogen-bond acceptors (Lipinski definition) is 2. The highest BCUT2D eigenvalue weighted by Crippen LogP contribution is 2.37. The summed E-state index contributed by atoms with van der Waals surface area (Å²) in [5.41, 5.74) is 0. The molecule has 0 spiro atoms. The van der Waals surface area contributed by atoms with Gasteiger partial charge < -0.3 is 0 Å². The van der Waals surface area contributed by atoms with Gasteiger partial charge in [0.15, 0.2) is 0 Å². The van der Waals surface area contributed by atoms with Crippen molar-refractivity contribution in [3.63, 3.8) is 0 Å². The summed E-state index contributed by atoms with van der Waals surface area (Å²) in [5, 5.41) is 0. The summed E-state index contributed by atoms with van der Waals surface area (Å²) in [5.74, 6) is 1.82. The molecule has 64 valence electrons. The number of halogens is 1. The molecule has 3 heteroatoms. The highest BCUT2D eigenvalue weighted by Gasteiger charge is 2.29. The highest BCUT2D eigenvalue weighted by molar-refractivity contribution is 9.09. The Labute approximate surface area is 80.6 Å². The van der Waals surface area contributed by atoms with Gasteiger partial charge in [0.05, 0.1) is 0 Å². The van der Waals surface area contributed by atoms with Crippen molar-refractivity contribution in [2.75, 3.05) is 0 Å². The molecular formula is C9H11BrN2. The van der Waals surface area contributed by atoms with E-state index < -0.39 is 0 Å². The maximum Gasteiger partial charge on any atom is 0.129 e. The van der Waals surface area contributed by atoms with Gasteiger partial charge in [-0.25, -0.2) is 9.97 Å². The van der Waals surface area contributed by atoms with E-state index in [1.54, 1.807) is 12.4 Å². The van der Waals surface area contributed by atoms with Gasteiger partial charge in [-0.1, -0.05) is 15.9 Å². The van der Waals surface area contributed by atoms with Gasteiger partial charge in [0, 0.05) is 23.6 Å². The molecule has 1 atom stereocenters. The molecule has 0 bridgehead atoms. The second kappa shape index (κ2) is 3.52. The SMILES string of the molecule is BrC(Cc1ncccn1)C1CC1. The first-order chi connectivity index (χ1) is 5.86. The molecule has 1 heterocycles. The van der Waals surface area contributed by atoms with Crippen molar-refractivity contribution in [3.05, 3.63) is 24.3 Å². The smallest absolute Gasteiger partial charge is 0.129 e. The molecule has 1 aromatic rings. The highest BCUT2D eigenvalue weighted by atomic mass is 79.9. The van der Waals surface area contributed by atoms with E-state index in [-0.39, 0.29) is 0 Å². The monoisotopic (exact) mass is 226 g/mol. The van der Waals surface area contributed by atoms with Crippen molar-refractivity contribution in [1.29, 1.82) is 0 Å². The van der Waals surface area contributed by atoms with Crippen LogP contribution in [0.1, 0.15) is 18.7 Å². The number of rotatable bonds is 3. The molecule has 0 aliphatic heterocycles. The Bertz CT molecular complexity index is 246. The molecule has 0 radical (unpaired) electrons. The van der Waals surface area contributed by atoms with Crippen LogP contribution in [0.3, 0.4) is 0 Å². The fourth-order valence-electron chi connectivity index (χ4n) is 1.23. The Hall–Kier alpha value is -0.440. The average molecular weight is 227 g/mol. The van der Waals surface area contributed by atoms with Crippen LogP contribution in [0.4, 0.5) is 0 Å². The molecule has 1 aliphatic carbocycles. The molecule has 1 aliphatic rings. The first-order valence-electron chi connectivity index (χ1n) is 4.26. The van der Waals surface area contributed by atoms with E-state index in [4.69, 9.17) is 0 Å². The zero-order valence-electron chi connectivity index (χ0n) is 6.78. The van der Waals surface area contributed by atoms with Crippen molar-refractivity contribution < 1.29 is 0 Å². The number of hydrogen-bond donors (Lipinski definition) is 0. The number of nitrogens with zero attached hydrogens (tertiary/aromatic N) is 2. The van der Waals surface area contributed by atoms with E-state index >= 15 is 0 Å². The topological polar surface area (TPSA) is 25.8 Å². The first-order valence-corrected chi connectivity index (χ1v) is 5.18. The Balaban J connectivity index is 1.94. The average Bonchev–Trinajstić information content (AvgIpc) is 2.88. The zero-order valence-corrected chi connectivity index (χ0v) is 8.37. The van der Waals surface area contributed by atoms with Crippen LogP contribution in [0.5, 0.6) is 0 Å². The Kier molecular flexibility index (Phi) is 2.40. The third-order valence-electron chi connectivity index (χ3n) is 2.13. The van der Waals surface area contributed by atoms with E-state index in [9.17, 15) is 0 Å². The standard InChI is InChI=1S/C9H11BrN2/c10-8(7-2-3-7)6-9-11-4-1-5-12-9/h1,4-5,7-8H,2-3,6H2. The van der Waals surface area contributed by atoms with Crippen LogP contribution in [-0.4, -0.2) is 14.8 Å². The number of aromatic nitrogens is 2. The van der Waals surface area contributed by atoms with Crippen LogP contribution < -0.4 is 0 Å². The lowest BCUT2D eigenvalue weighted by atomic mass is 10.2. The van der Waals surface area contributed by atoms with Crippen molar-refractivity contribution >= 4 is 15.9 Å². The lowest BCUT2D eigenvalue weighted by Crippen LogP contribution is -2.07. The fourth-order valence-corrected chi connectivity index (χ4v) is 2.05. The van der Waals surface area contributed by atoms with E-state index in [2.05, 4.69) is 25.9 Å². The van der Waals surface area contributed by atoms with Gasteiger partial charge >= 0.3 is 0 Å². The lowest BCUT2D eigenvalue weighted by molar-refractivity contribution is 0.727. The molecule has 2 nitrogen and oxygen atoms in total. The van der Waals surface area contributed by atoms with Gasteiger partial charge in [0.1, 0.15) is 5.82 Å². The molecule has 0 N–H and O–H groups in total. The van der Waals surface area contributed by atoms with Crippen molar-refractivity contribution in [3.8, 4) is 0 Å². The maximum atomic E-state index is 4.19. The van der Waals surface area contributed by atoms with Gasteiger partial charge in [-0.2, -0.15) is 0 Å².